The molecule has 19 heavy (non-hydrogen) atoms. The van der Waals surface area contributed by atoms with Gasteiger partial charge < -0.3 is 15.6 Å². The first-order valence-corrected chi connectivity index (χ1v) is 6.19. The van der Waals surface area contributed by atoms with Crippen LogP contribution in [0.1, 0.15) is 28.7 Å². The van der Waals surface area contributed by atoms with Crippen molar-refractivity contribution in [2.75, 3.05) is 5.32 Å². The van der Waals surface area contributed by atoms with Crippen LogP contribution in [0.4, 0.5) is 5.69 Å². The number of aryl methyl sites for hydroxylation is 3. The molecule has 0 saturated carbocycles. The van der Waals surface area contributed by atoms with Crippen molar-refractivity contribution in [1.82, 2.24) is 15.1 Å². The van der Waals surface area contributed by atoms with E-state index in [9.17, 15) is 0 Å². The quantitative estimate of drug-likeness (QED) is 0.821. The Hall–Kier alpha value is -2.02. The van der Waals surface area contributed by atoms with Crippen LogP contribution in [0.2, 0.25) is 0 Å². The second-order valence-corrected chi connectivity index (χ2v) is 4.66. The summed E-state index contributed by atoms with van der Waals surface area (Å²) in [7, 11) is 0. The van der Waals surface area contributed by atoms with Crippen LogP contribution in [0.15, 0.2) is 10.6 Å². The van der Waals surface area contributed by atoms with Crippen molar-refractivity contribution in [3.63, 3.8) is 0 Å². The molecule has 2 aromatic rings. The van der Waals surface area contributed by atoms with Crippen molar-refractivity contribution in [2.24, 2.45) is 5.73 Å². The van der Waals surface area contributed by atoms with E-state index in [4.69, 9.17) is 22.5 Å². The Morgan fingerprint density at radius 2 is 2.11 bits per heavy atom. The molecule has 2 rings (SSSR count). The third-order valence-corrected chi connectivity index (χ3v) is 2.79. The highest BCUT2D eigenvalue weighted by Gasteiger charge is 2.12. The Kier molecular flexibility index (Phi) is 3.75. The molecule has 7 heteroatoms. The molecule has 0 bridgehead atoms. The third kappa shape index (κ3) is 3.05. The molecule has 2 aromatic heterocycles. The lowest BCUT2D eigenvalue weighted by Gasteiger charge is -2.13. The van der Waals surface area contributed by atoms with Gasteiger partial charge in [0, 0.05) is 24.0 Å². The van der Waals surface area contributed by atoms with Gasteiger partial charge in [-0.1, -0.05) is 17.4 Å². The van der Waals surface area contributed by atoms with Gasteiger partial charge in [-0.05, 0) is 19.9 Å². The zero-order valence-corrected chi connectivity index (χ0v) is 11.8. The molecular weight excluding hydrogens is 262 g/mol. The van der Waals surface area contributed by atoms with Gasteiger partial charge in [0.15, 0.2) is 5.82 Å². The molecule has 0 aliphatic rings. The molecule has 0 radical (unpaired) electrons. The first kappa shape index (κ1) is 13.4. The Labute approximate surface area is 116 Å². The van der Waals surface area contributed by atoms with E-state index >= 15 is 0 Å². The Morgan fingerprint density at radius 1 is 1.37 bits per heavy atom. The van der Waals surface area contributed by atoms with Gasteiger partial charge in [-0.2, -0.15) is 4.98 Å². The summed E-state index contributed by atoms with van der Waals surface area (Å²) < 4.78 is 4.91. The number of hydrogen-bond acceptors (Lipinski definition) is 6. The molecule has 2 heterocycles. The van der Waals surface area contributed by atoms with Crippen LogP contribution in [0.25, 0.3) is 0 Å². The first-order chi connectivity index (χ1) is 8.97. The molecular formula is C12H15N5OS. The highest BCUT2D eigenvalue weighted by atomic mass is 32.1. The maximum Gasteiger partial charge on any atom is 0.223 e. The number of hydrogen-bond donors (Lipinski definition) is 2. The second kappa shape index (κ2) is 5.31. The summed E-state index contributed by atoms with van der Waals surface area (Å²) in [5, 5.41) is 7.04. The Bertz CT molecular complexity index is 623. The maximum absolute atomic E-state index is 5.74. The minimum Gasteiger partial charge on any atom is -0.389 e. The fraction of sp³-hybridized carbons (Fsp3) is 0.333. The molecule has 0 aromatic carbocycles. The number of anilines is 1. The molecule has 0 atom stereocenters. The average Bonchev–Trinajstić information content (AvgIpc) is 2.71. The summed E-state index contributed by atoms with van der Waals surface area (Å²) >= 11 is 5.06. The summed E-state index contributed by atoms with van der Waals surface area (Å²) in [6.07, 6.45) is 0. The SMILES string of the molecule is Cc1cc(NCc2noc(C)n2)c(C(N)=S)c(C)n1. The molecule has 0 spiro atoms. The molecule has 6 nitrogen and oxygen atoms in total. The number of aromatic nitrogens is 3. The van der Waals surface area contributed by atoms with E-state index in [2.05, 4.69) is 20.4 Å². The minimum absolute atomic E-state index is 0.316. The fourth-order valence-corrected chi connectivity index (χ4v) is 2.12. The van der Waals surface area contributed by atoms with Crippen LogP contribution in [0.3, 0.4) is 0 Å². The fourth-order valence-electron chi connectivity index (χ4n) is 1.87. The smallest absolute Gasteiger partial charge is 0.223 e. The molecule has 0 unspecified atom stereocenters. The molecule has 0 amide bonds. The lowest BCUT2D eigenvalue weighted by molar-refractivity contribution is 0.388. The highest BCUT2D eigenvalue weighted by Crippen LogP contribution is 2.20. The van der Waals surface area contributed by atoms with E-state index in [1.807, 2.05) is 19.9 Å². The van der Waals surface area contributed by atoms with Gasteiger partial charge in [-0.15, -0.1) is 0 Å². The number of thiocarbonyl (C=S) groups is 1. The maximum atomic E-state index is 5.74. The number of nitrogens with one attached hydrogen (secondary N) is 1. The summed E-state index contributed by atoms with van der Waals surface area (Å²) in [6.45, 7) is 5.98. The van der Waals surface area contributed by atoms with E-state index < -0.39 is 0 Å². The average molecular weight is 277 g/mol. The highest BCUT2D eigenvalue weighted by molar-refractivity contribution is 7.80. The summed E-state index contributed by atoms with van der Waals surface area (Å²) in [6, 6.07) is 1.90. The van der Waals surface area contributed by atoms with Crippen molar-refractivity contribution in [3.05, 3.63) is 34.7 Å². The molecule has 3 N–H and O–H groups in total. The van der Waals surface area contributed by atoms with Crippen molar-refractivity contribution in [1.29, 1.82) is 0 Å². The minimum atomic E-state index is 0.316. The van der Waals surface area contributed by atoms with E-state index in [1.54, 1.807) is 6.92 Å². The monoisotopic (exact) mass is 277 g/mol. The Morgan fingerprint density at radius 3 is 2.68 bits per heavy atom. The Balaban J connectivity index is 2.26. The van der Waals surface area contributed by atoms with Gasteiger partial charge in [0.1, 0.15) is 4.99 Å². The van der Waals surface area contributed by atoms with Gasteiger partial charge in [-0.3, -0.25) is 4.98 Å². The van der Waals surface area contributed by atoms with Crippen LogP contribution in [-0.4, -0.2) is 20.1 Å². The summed E-state index contributed by atoms with van der Waals surface area (Å²) in [5.41, 5.74) is 9.02. The molecule has 100 valence electrons. The zero-order chi connectivity index (χ0) is 14.0. The van der Waals surface area contributed by atoms with Gasteiger partial charge in [0.05, 0.1) is 12.1 Å². The third-order valence-electron chi connectivity index (χ3n) is 2.58. The van der Waals surface area contributed by atoms with Crippen LogP contribution < -0.4 is 11.1 Å². The van der Waals surface area contributed by atoms with E-state index in [0.717, 1.165) is 22.6 Å². The molecule has 0 saturated heterocycles. The number of rotatable bonds is 4. The van der Waals surface area contributed by atoms with Crippen LogP contribution in [0, 0.1) is 20.8 Å². The molecule has 0 fully saturated rings. The lowest BCUT2D eigenvalue weighted by Crippen LogP contribution is -2.16. The van der Waals surface area contributed by atoms with E-state index in [0.29, 0.717) is 23.2 Å². The zero-order valence-electron chi connectivity index (χ0n) is 11.0. The lowest BCUT2D eigenvalue weighted by atomic mass is 10.1. The van der Waals surface area contributed by atoms with Crippen LogP contribution >= 0.6 is 12.2 Å². The van der Waals surface area contributed by atoms with Crippen LogP contribution in [0.5, 0.6) is 0 Å². The summed E-state index contributed by atoms with van der Waals surface area (Å²) in [5.74, 6) is 1.12. The molecule has 0 aliphatic heterocycles. The van der Waals surface area contributed by atoms with Gasteiger partial charge in [0.2, 0.25) is 5.89 Å². The predicted octanol–water partition coefficient (Wildman–Crippen LogP) is 1.64. The van der Waals surface area contributed by atoms with Gasteiger partial charge in [0.25, 0.3) is 0 Å². The van der Waals surface area contributed by atoms with E-state index in [-0.39, 0.29) is 0 Å². The normalized spacial score (nSPS) is 10.5. The largest absolute Gasteiger partial charge is 0.389 e. The van der Waals surface area contributed by atoms with Crippen molar-refractivity contribution < 1.29 is 4.52 Å². The van der Waals surface area contributed by atoms with Crippen molar-refractivity contribution >= 4 is 22.9 Å². The number of nitrogens with two attached hydrogens (primary N) is 1. The van der Waals surface area contributed by atoms with Gasteiger partial charge in [-0.25, -0.2) is 0 Å². The van der Waals surface area contributed by atoms with Crippen molar-refractivity contribution in [3.8, 4) is 0 Å². The van der Waals surface area contributed by atoms with Gasteiger partial charge >= 0.3 is 0 Å². The topological polar surface area (TPSA) is 89.9 Å². The summed E-state index contributed by atoms with van der Waals surface area (Å²) in [4.78, 5) is 8.80. The predicted molar refractivity (Wildman–Crippen MR) is 76.0 cm³/mol. The van der Waals surface area contributed by atoms with Crippen LogP contribution in [-0.2, 0) is 6.54 Å². The number of nitrogens with zero attached hydrogens (tertiary/aromatic N) is 3. The van der Waals surface area contributed by atoms with E-state index in [1.165, 1.54) is 0 Å². The first-order valence-electron chi connectivity index (χ1n) is 5.78. The standard InChI is InChI=1S/C12H15N5OS/c1-6-4-9(11(12(13)19)7(2)15-6)14-5-10-16-8(3)18-17-10/h4H,5H2,1-3H3,(H2,13,19)(H,14,15). The number of pyridine rings is 1. The molecule has 0 aliphatic carbocycles. The van der Waals surface area contributed by atoms with Crippen molar-refractivity contribution in [2.45, 2.75) is 27.3 Å². The second-order valence-electron chi connectivity index (χ2n) is 4.22.